The molecule has 1 aromatic carbocycles. The van der Waals surface area contributed by atoms with Gasteiger partial charge >= 0.3 is 0 Å². The van der Waals surface area contributed by atoms with Crippen LogP contribution in [0, 0.1) is 0 Å². The predicted octanol–water partition coefficient (Wildman–Crippen LogP) is 3.18. The molecule has 18 heavy (non-hydrogen) atoms. The summed E-state index contributed by atoms with van der Waals surface area (Å²) < 4.78 is 11.7. The Morgan fingerprint density at radius 2 is 2.06 bits per heavy atom. The highest BCUT2D eigenvalue weighted by atomic mass is 79.9. The Balaban J connectivity index is 2.83. The molecule has 0 radical (unpaired) electrons. The van der Waals surface area contributed by atoms with Crippen molar-refractivity contribution in [2.24, 2.45) is 0 Å². The number of rotatable bonds is 6. The molecule has 0 spiro atoms. The van der Waals surface area contributed by atoms with E-state index in [1.807, 2.05) is 39.0 Å². The number of halogens is 1. The Bertz CT molecular complexity index is 391. The predicted molar refractivity (Wildman–Crippen MR) is 76.1 cm³/mol. The van der Waals surface area contributed by atoms with Crippen LogP contribution in [-0.2, 0) is 11.2 Å². The zero-order valence-electron chi connectivity index (χ0n) is 11.4. The summed E-state index contributed by atoms with van der Waals surface area (Å²) in [7, 11) is 1.63. The summed E-state index contributed by atoms with van der Waals surface area (Å²) in [6.07, 6.45) is -0.0500. The molecule has 1 rings (SSSR count). The van der Waals surface area contributed by atoms with Crippen molar-refractivity contribution in [1.82, 2.24) is 0 Å². The Hall–Kier alpha value is -0.580. The van der Waals surface area contributed by atoms with Crippen molar-refractivity contribution in [1.29, 1.82) is 0 Å². The monoisotopic (exact) mass is 316 g/mol. The van der Waals surface area contributed by atoms with Gasteiger partial charge in [0.05, 0.1) is 18.8 Å². The molecule has 1 N–H and O–H groups in total. The lowest BCUT2D eigenvalue weighted by molar-refractivity contribution is -0.0955. The van der Waals surface area contributed by atoms with E-state index in [4.69, 9.17) is 9.47 Å². The quantitative estimate of drug-likeness (QED) is 0.876. The lowest BCUT2D eigenvalue weighted by Crippen LogP contribution is -2.40. The summed E-state index contributed by atoms with van der Waals surface area (Å²) >= 11 is 3.49. The van der Waals surface area contributed by atoms with Gasteiger partial charge in [0, 0.05) is 17.5 Å². The van der Waals surface area contributed by atoms with E-state index in [1.165, 1.54) is 0 Å². The third-order valence-electron chi connectivity index (χ3n) is 2.98. The number of hydrogen-bond acceptors (Lipinski definition) is 3. The van der Waals surface area contributed by atoms with Crippen molar-refractivity contribution in [2.75, 3.05) is 13.7 Å². The lowest BCUT2D eigenvalue weighted by atomic mass is 9.95. The first-order valence-corrected chi connectivity index (χ1v) is 6.84. The van der Waals surface area contributed by atoms with Crippen molar-refractivity contribution < 1.29 is 14.6 Å². The van der Waals surface area contributed by atoms with Gasteiger partial charge in [0.25, 0.3) is 0 Å². The molecule has 0 fully saturated rings. The van der Waals surface area contributed by atoms with Crippen LogP contribution in [-0.4, -0.2) is 30.5 Å². The molecular formula is C14H21BrO3. The van der Waals surface area contributed by atoms with Gasteiger partial charge in [-0.05, 0) is 44.5 Å². The van der Waals surface area contributed by atoms with Gasteiger partial charge in [0.2, 0.25) is 0 Å². The molecule has 1 unspecified atom stereocenters. The van der Waals surface area contributed by atoms with Crippen LogP contribution in [0.15, 0.2) is 22.7 Å². The number of aliphatic hydroxyl groups is 1. The lowest BCUT2D eigenvalue weighted by Gasteiger charge is -2.30. The molecule has 0 bridgehead atoms. The Morgan fingerprint density at radius 1 is 1.39 bits per heavy atom. The Morgan fingerprint density at radius 3 is 2.61 bits per heavy atom. The fourth-order valence-corrected chi connectivity index (χ4v) is 2.17. The molecule has 0 aliphatic heterocycles. The second-order valence-corrected chi connectivity index (χ2v) is 5.57. The largest absolute Gasteiger partial charge is 0.497 e. The average Bonchev–Trinajstić information content (AvgIpc) is 2.31. The molecule has 0 amide bonds. The topological polar surface area (TPSA) is 38.7 Å². The highest BCUT2D eigenvalue weighted by molar-refractivity contribution is 9.10. The highest BCUT2D eigenvalue weighted by Gasteiger charge is 2.28. The molecule has 4 heteroatoms. The molecule has 1 aromatic rings. The van der Waals surface area contributed by atoms with Gasteiger partial charge in [-0.2, -0.15) is 0 Å². The highest BCUT2D eigenvalue weighted by Crippen LogP contribution is 2.26. The van der Waals surface area contributed by atoms with Gasteiger partial charge in [-0.25, -0.2) is 0 Å². The van der Waals surface area contributed by atoms with Crippen LogP contribution in [0.25, 0.3) is 0 Å². The van der Waals surface area contributed by atoms with Crippen molar-refractivity contribution in [3.8, 4) is 5.75 Å². The Labute approximate surface area is 117 Å². The van der Waals surface area contributed by atoms with Gasteiger partial charge < -0.3 is 14.6 Å². The normalized spacial score (nSPS) is 13.4. The molecular weight excluding hydrogens is 296 g/mol. The zero-order valence-corrected chi connectivity index (χ0v) is 13.0. The second kappa shape index (κ2) is 6.55. The van der Waals surface area contributed by atoms with E-state index in [2.05, 4.69) is 15.9 Å². The van der Waals surface area contributed by atoms with Crippen molar-refractivity contribution >= 4 is 15.9 Å². The molecule has 0 aliphatic carbocycles. The summed E-state index contributed by atoms with van der Waals surface area (Å²) in [5.74, 6) is 0.787. The number of hydrogen-bond donors (Lipinski definition) is 1. The molecule has 3 nitrogen and oxygen atoms in total. The number of methoxy groups -OCH3 is 1. The molecule has 0 saturated carbocycles. The van der Waals surface area contributed by atoms with E-state index in [-0.39, 0.29) is 0 Å². The summed E-state index contributed by atoms with van der Waals surface area (Å²) in [4.78, 5) is 0. The number of ether oxygens (including phenoxy) is 2. The van der Waals surface area contributed by atoms with Crippen LogP contribution in [0.2, 0.25) is 0 Å². The molecule has 0 heterocycles. The minimum Gasteiger partial charge on any atom is -0.497 e. The maximum atomic E-state index is 10.3. The van der Waals surface area contributed by atoms with Crippen LogP contribution >= 0.6 is 15.9 Å². The fraction of sp³-hybridized carbons (Fsp3) is 0.571. The third-order valence-corrected chi connectivity index (χ3v) is 3.76. The minimum atomic E-state index is -0.569. The fourth-order valence-electron chi connectivity index (χ4n) is 1.76. The summed E-state index contributed by atoms with van der Waals surface area (Å²) in [6.45, 7) is 6.31. The van der Waals surface area contributed by atoms with Gasteiger partial charge in [-0.15, -0.1) is 0 Å². The SMILES string of the molecule is CCOC(C)(C)C(O)Cc1cc(OC)ccc1Br. The van der Waals surface area contributed by atoms with Gasteiger partial charge in [-0.1, -0.05) is 15.9 Å². The van der Waals surface area contributed by atoms with Gasteiger partial charge in [0.1, 0.15) is 5.75 Å². The summed E-state index contributed by atoms with van der Waals surface area (Å²) in [5.41, 5.74) is 0.451. The van der Waals surface area contributed by atoms with E-state index >= 15 is 0 Å². The summed E-state index contributed by atoms with van der Waals surface area (Å²) in [6, 6.07) is 5.73. The zero-order chi connectivity index (χ0) is 13.8. The maximum absolute atomic E-state index is 10.3. The molecule has 0 aliphatic rings. The average molecular weight is 317 g/mol. The van der Waals surface area contributed by atoms with Crippen molar-refractivity contribution in [2.45, 2.75) is 38.9 Å². The van der Waals surface area contributed by atoms with Crippen molar-refractivity contribution in [3.05, 3.63) is 28.2 Å². The minimum absolute atomic E-state index is 0.519. The van der Waals surface area contributed by atoms with E-state index in [1.54, 1.807) is 7.11 Å². The standard InChI is InChI=1S/C14H21BrO3/c1-5-18-14(2,3)13(16)9-10-8-11(17-4)6-7-12(10)15/h6-8,13,16H,5,9H2,1-4H3. The van der Waals surface area contributed by atoms with Crippen LogP contribution in [0.3, 0.4) is 0 Å². The van der Waals surface area contributed by atoms with Gasteiger partial charge in [-0.3, -0.25) is 0 Å². The van der Waals surface area contributed by atoms with E-state index in [0.717, 1.165) is 15.8 Å². The van der Waals surface area contributed by atoms with Crippen molar-refractivity contribution in [3.63, 3.8) is 0 Å². The maximum Gasteiger partial charge on any atom is 0.119 e. The third kappa shape index (κ3) is 3.97. The molecule has 0 saturated heterocycles. The Kier molecular flexibility index (Phi) is 5.63. The summed E-state index contributed by atoms with van der Waals surface area (Å²) in [5, 5.41) is 10.3. The molecule has 1 atom stereocenters. The van der Waals surface area contributed by atoms with Crippen LogP contribution < -0.4 is 4.74 Å². The van der Waals surface area contributed by atoms with Crippen LogP contribution in [0.1, 0.15) is 26.3 Å². The molecule has 102 valence electrons. The van der Waals surface area contributed by atoms with Crippen LogP contribution in [0.5, 0.6) is 5.75 Å². The van der Waals surface area contributed by atoms with E-state index in [0.29, 0.717) is 13.0 Å². The smallest absolute Gasteiger partial charge is 0.119 e. The van der Waals surface area contributed by atoms with Gasteiger partial charge in [0.15, 0.2) is 0 Å². The first-order valence-electron chi connectivity index (χ1n) is 6.05. The van der Waals surface area contributed by atoms with E-state index < -0.39 is 11.7 Å². The van der Waals surface area contributed by atoms with Crippen LogP contribution in [0.4, 0.5) is 0 Å². The first kappa shape index (κ1) is 15.5. The number of benzene rings is 1. The first-order chi connectivity index (χ1) is 8.40. The second-order valence-electron chi connectivity index (χ2n) is 4.71. The van der Waals surface area contributed by atoms with E-state index in [9.17, 15) is 5.11 Å². The number of aliphatic hydroxyl groups excluding tert-OH is 1. The molecule has 0 aromatic heterocycles.